The van der Waals surface area contributed by atoms with E-state index in [1.807, 2.05) is 58.0 Å². The van der Waals surface area contributed by atoms with Crippen LogP contribution in [0.5, 0.6) is 11.5 Å². The highest BCUT2D eigenvalue weighted by atomic mass is 35.5. The van der Waals surface area contributed by atoms with Gasteiger partial charge in [-0.3, -0.25) is 9.36 Å². The van der Waals surface area contributed by atoms with Gasteiger partial charge < -0.3 is 19.7 Å². The summed E-state index contributed by atoms with van der Waals surface area (Å²) in [7, 11) is 3.11. The van der Waals surface area contributed by atoms with E-state index < -0.39 is 6.04 Å². The van der Waals surface area contributed by atoms with Gasteiger partial charge in [-0.1, -0.05) is 44.5 Å². The number of fused-ring (bicyclic) bond motifs is 1. The van der Waals surface area contributed by atoms with Crippen LogP contribution in [0.2, 0.25) is 5.02 Å². The van der Waals surface area contributed by atoms with Gasteiger partial charge in [0.05, 0.1) is 42.5 Å². The van der Waals surface area contributed by atoms with Crippen LogP contribution in [0.25, 0.3) is 16.6 Å². The number of aryl methyl sites for hydroxylation is 1. The lowest BCUT2D eigenvalue weighted by atomic mass is 10.1. The van der Waals surface area contributed by atoms with Crippen LogP contribution in [0.15, 0.2) is 65.5 Å². The van der Waals surface area contributed by atoms with Crippen LogP contribution in [0.3, 0.4) is 0 Å². The number of nitrogens with zero attached hydrogens (tertiary/aromatic N) is 3. The van der Waals surface area contributed by atoms with E-state index in [1.165, 1.54) is 7.11 Å². The van der Waals surface area contributed by atoms with Crippen molar-refractivity contribution in [3.63, 3.8) is 0 Å². The Labute approximate surface area is 239 Å². The normalized spacial score (nSPS) is 11.9. The van der Waals surface area contributed by atoms with Gasteiger partial charge in [-0.15, -0.1) is 0 Å². The molecule has 0 bridgehead atoms. The van der Waals surface area contributed by atoms with Gasteiger partial charge in [-0.2, -0.15) is 0 Å². The molecule has 0 saturated heterocycles. The zero-order chi connectivity index (χ0) is 29.0. The van der Waals surface area contributed by atoms with Crippen molar-refractivity contribution in [2.45, 2.75) is 40.2 Å². The van der Waals surface area contributed by atoms with Crippen molar-refractivity contribution in [2.75, 3.05) is 26.1 Å². The number of hydrogen-bond acceptors (Lipinski definition) is 5. The molecule has 1 N–H and O–H groups in total. The van der Waals surface area contributed by atoms with Crippen LogP contribution in [0, 0.1) is 12.8 Å². The Kier molecular flexibility index (Phi) is 9.00. The van der Waals surface area contributed by atoms with E-state index in [1.54, 1.807) is 46.9 Å². The van der Waals surface area contributed by atoms with Crippen molar-refractivity contribution >= 4 is 34.2 Å². The predicted molar refractivity (Wildman–Crippen MR) is 160 cm³/mol. The van der Waals surface area contributed by atoms with E-state index >= 15 is 0 Å². The lowest BCUT2D eigenvalue weighted by Crippen LogP contribution is -2.42. The van der Waals surface area contributed by atoms with E-state index in [0.717, 1.165) is 5.56 Å². The summed E-state index contributed by atoms with van der Waals surface area (Å²) in [6.45, 7) is 8.42. The lowest BCUT2D eigenvalue weighted by Gasteiger charge is -2.34. The maximum absolute atomic E-state index is 14.0. The highest BCUT2D eigenvalue weighted by molar-refractivity contribution is 6.30. The van der Waals surface area contributed by atoms with Gasteiger partial charge in [0.1, 0.15) is 17.3 Å². The molecular weight excluding hydrogens is 528 g/mol. The summed E-state index contributed by atoms with van der Waals surface area (Å²) >= 11 is 6.26. The van der Waals surface area contributed by atoms with E-state index in [0.29, 0.717) is 57.6 Å². The fourth-order valence-corrected chi connectivity index (χ4v) is 5.08. The first-order chi connectivity index (χ1) is 19.2. The standard InChI is InChI=1S/C31H35ClN4O4/c1-7-26(35(18-19(2)3)31(38)34-25-14-13-22(39-5)17-28(25)40-6)29-33-24-11-9-8-10-23(24)30(37)36(29)27-15-12-21(32)16-20(27)4/h8-17,19,26H,7,18H2,1-6H3,(H,34,38). The second-order valence-corrected chi connectivity index (χ2v) is 10.5. The summed E-state index contributed by atoms with van der Waals surface area (Å²) in [5, 5.41) is 4.08. The van der Waals surface area contributed by atoms with Crippen LogP contribution in [-0.4, -0.2) is 41.2 Å². The number of aromatic nitrogens is 2. The number of nitrogens with one attached hydrogen (secondary N) is 1. The molecule has 0 radical (unpaired) electrons. The predicted octanol–water partition coefficient (Wildman–Crippen LogP) is 7.01. The summed E-state index contributed by atoms with van der Waals surface area (Å²) < 4.78 is 12.4. The molecule has 8 nitrogen and oxygen atoms in total. The molecule has 1 heterocycles. The Bertz CT molecular complexity index is 1580. The number of urea groups is 1. The highest BCUT2D eigenvalue weighted by Gasteiger charge is 2.30. The van der Waals surface area contributed by atoms with E-state index in [2.05, 4.69) is 5.32 Å². The maximum Gasteiger partial charge on any atom is 0.322 e. The second kappa shape index (κ2) is 12.4. The Morgan fingerprint density at radius 1 is 1.07 bits per heavy atom. The number of carbonyl (C=O) groups excluding carboxylic acids is 1. The first-order valence-electron chi connectivity index (χ1n) is 13.3. The minimum atomic E-state index is -0.515. The van der Waals surface area contributed by atoms with Gasteiger partial charge in [0.15, 0.2) is 0 Å². The van der Waals surface area contributed by atoms with Crippen molar-refractivity contribution in [3.8, 4) is 17.2 Å². The third kappa shape index (κ3) is 5.92. The van der Waals surface area contributed by atoms with Crippen LogP contribution in [0.4, 0.5) is 10.5 Å². The van der Waals surface area contributed by atoms with Crippen LogP contribution in [-0.2, 0) is 0 Å². The maximum atomic E-state index is 14.0. The molecule has 0 aliphatic rings. The third-order valence-corrected chi connectivity index (χ3v) is 6.97. The Morgan fingerprint density at radius 3 is 2.48 bits per heavy atom. The fourth-order valence-electron chi connectivity index (χ4n) is 4.85. The van der Waals surface area contributed by atoms with Crippen molar-refractivity contribution in [1.82, 2.24) is 14.5 Å². The first kappa shape index (κ1) is 29.0. The average molecular weight is 563 g/mol. The molecule has 0 fully saturated rings. The van der Waals surface area contributed by atoms with Gasteiger partial charge in [0.25, 0.3) is 5.56 Å². The van der Waals surface area contributed by atoms with E-state index in [9.17, 15) is 9.59 Å². The summed E-state index contributed by atoms with van der Waals surface area (Å²) in [5.74, 6) is 1.72. The zero-order valence-corrected chi connectivity index (χ0v) is 24.5. The molecule has 40 heavy (non-hydrogen) atoms. The van der Waals surface area contributed by atoms with Gasteiger partial charge >= 0.3 is 6.03 Å². The number of halogens is 1. The van der Waals surface area contributed by atoms with Gasteiger partial charge in [-0.25, -0.2) is 9.78 Å². The number of carbonyl (C=O) groups is 1. The largest absolute Gasteiger partial charge is 0.497 e. The Hall–Kier alpha value is -4.04. The SMILES string of the molecule is CCC(c1nc2ccccc2c(=O)n1-c1ccc(Cl)cc1C)N(CC(C)C)C(=O)Nc1ccc(OC)cc1OC. The molecule has 0 saturated carbocycles. The van der Waals surface area contributed by atoms with Gasteiger partial charge in [0.2, 0.25) is 0 Å². The first-order valence-corrected chi connectivity index (χ1v) is 13.6. The van der Waals surface area contributed by atoms with Crippen LogP contribution >= 0.6 is 11.6 Å². The minimum absolute atomic E-state index is 0.149. The molecule has 9 heteroatoms. The molecule has 4 aromatic rings. The molecule has 3 aromatic carbocycles. The average Bonchev–Trinajstić information content (AvgIpc) is 2.93. The van der Waals surface area contributed by atoms with E-state index in [-0.39, 0.29) is 17.5 Å². The number of rotatable bonds is 9. The smallest absolute Gasteiger partial charge is 0.322 e. The fraction of sp³-hybridized carbons (Fsp3) is 0.323. The highest BCUT2D eigenvalue weighted by Crippen LogP contribution is 2.32. The summed E-state index contributed by atoms with van der Waals surface area (Å²) in [5.41, 5.74) is 2.37. The number of ether oxygens (including phenoxy) is 2. The number of anilines is 1. The van der Waals surface area contributed by atoms with Gasteiger partial charge in [-0.05, 0) is 67.3 Å². The van der Waals surface area contributed by atoms with Crippen molar-refractivity contribution in [1.29, 1.82) is 0 Å². The molecule has 1 atom stereocenters. The van der Waals surface area contributed by atoms with Crippen molar-refractivity contribution < 1.29 is 14.3 Å². The summed E-state index contributed by atoms with van der Waals surface area (Å²) in [6, 6.07) is 17.0. The zero-order valence-electron chi connectivity index (χ0n) is 23.7. The van der Waals surface area contributed by atoms with Crippen LogP contribution in [0.1, 0.15) is 44.6 Å². The minimum Gasteiger partial charge on any atom is -0.497 e. The third-order valence-electron chi connectivity index (χ3n) is 6.74. The van der Waals surface area contributed by atoms with Crippen molar-refractivity contribution in [3.05, 3.63) is 87.4 Å². The number of methoxy groups -OCH3 is 2. The number of amides is 2. The molecule has 1 unspecified atom stereocenters. The Morgan fingerprint density at radius 2 is 1.82 bits per heavy atom. The quantitative estimate of drug-likeness (QED) is 0.237. The molecular formula is C31H35ClN4O4. The van der Waals surface area contributed by atoms with Crippen molar-refractivity contribution in [2.24, 2.45) is 5.92 Å². The van der Waals surface area contributed by atoms with Gasteiger partial charge in [0, 0.05) is 17.6 Å². The lowest BCUT2D eigenvalue weighted by molar-refractivity contribution is 0.171. The topological polar surface area (TPSA) is 85.7 Å². The summed E-state index contributed by atoms with van der Waals surface area (Å²) in [6.07, 6.45) is 0.525. The summed E-state index contributed by atoms with van der Waals surface area (Å²) in [4.78, 5) is 34.7. The Balaban J connectivity index is 1.89. The number of hydrogen-bond donors (Lipinski definition) is 1. The molecule has 0 spiro atoms. The number of benzene rings is 3. The number of para-hydroxylation sites is 1. The molecule has 210 valence electrons. The molecule has 0 aliphatic carbocycles. The second-order valence-electron chi connectivity index (χ2n) is 10.0. The van der Waals surface area contributed by atoms with Crippen LogP contribution < -0.4 is 20.3 Å². The monoisotopic (exact) mass is 562 g/mol. The molecule has 1 aromatic heterocycles. The van der Waals surface area contributed by atoms with E-state index in [4.69, 9.17) is 26.1 Å². The molecule has 0 aliphatic heterocycles. The molecule has 4 rings (SSSR count). The molecule has 2 amide bonds.